The quantitative estimate of drug-likeness (QED) is 0.758. The van der Waals surface area contributed by atoms with E-state index in [0.29, 0.717) is 30.3 Å². The van der Waals surface area contributed by atoms with Crippen LogP contribution in [0.1, 0.15) is 0 Å². The van der Waals surface area contributed by atoms with Crippen LogP contribution < -0.4 is 20.1 Å². The summed E-state index contributed by atoms with van der Waals surface area (Å²) in [5.41, 5.74) is 0.595. The van der Waals surface area contributed by atoms with E-state index in [1.807, 2.05) is 0 Å². The minimum Gasteiger partial charge on any atom is -0.454 e. The number of rotatable bonds is 2. The van der Waals surface area contributed by atoms with E-state index in [0.717, 1.165) is 0 Å². The third-order valence-electron chi connectivity index (χ3n) is 4.02. The molecule has 0 unspecified atom stereocenters. The summed E-state index contributed by atoms with van der Waals surface area (Å²) in [6.45, 7) is 0.857. The number of carbonyl (C=O) groups is 3. The minimum absolute atomic E-state index is 0.0265. The predicted molar refractivity (Wildman–Crippen MR) is 77.2 cm³/mol. The number of nitrogens with one attached hydrogen (secondary N) is 2. The lowest BCUT2D eigenvalue weighted by Gasteiger charge is -2.42. The number of imide groups is 1. The molecule has 1 aromatic rings. The van der Waals surface area contributed by atoms with Gasteiger partial charge in [-0.3, -0.25) is 9.69 Å². The number of carbonyl (C=O) groups excluding carboxylic acids is 3. The Balaban J connectivity index is 1.35. The molecule has 120 valence electrons. The van der Waals surface area contributed by atoms with Crippen LogP contribution in [0, 0.1) is 0 Å². The number of fused-ring (bicyclic) bond motifs is 1. The number of anilines is 1. The standard InChI is InChI=1S/C14H14N4O5/c19-12-4-15-13(20)18(12)9-5-17(6-9)14(21)16-8-1-2-10-11(3-8)23-7-22-10/h1-3,9H,4-7H2,(H,15,20)(H,16,21). The van der Waals surface area contributed by atoms with Crippen molar-refractivity contribution in [1.29, 1.82) is 0 Å². The Morgan fingerprint density at radius 1 is 1.22 bits per heavy atom. The van der Waals surface area contributed by atoms with Crippen molar-refractivity contribution in [1.82, 2.24) is 15.1 Å². The molecule has 3 heterocycles. The van der Waals surface area contributed by atoms with E-state index in [9.17, 15) is 14.4 Å². The molecular weight excluding hydrogens is 304 g/mol. The largest absolute Gasteiger partial charge is 0.454 e. The monoisotopic (exact) mass is 318 g/mol. The number of benzene rings is 1. The maximum atomic E-state index is 12.2. The number of hydrogen-bond acceptors (Lipinski definition) is 5. The minimum atomic E-state index is -0.393. The van der Waals surface area contributed by atoms with E-state index in [4.69, 9.17) is 9.47 Å². The first kappa shape index (κ1) is 13.7. The van der Waals surface area contributed by atoms with Crippen molar-refractivity contribution < 1.29 is 23.9 Å². The fraction of sp³-hybridized carbons (Fsp3) is 0.357. The van der Waals surface area contributed by atoms with Crippen molar-refractivity contribution in [2.45, 2.75) is 6.04 Å². The summed E-state index contributed by atoms with van der Waals surface area (Å²) in [6, 6.07) is 4.20. The Labute approximate surface area is 131 Å². The zero-order valence-electron chi connectivity index (χ0n) is 12.1. The summed E-state index contributed by atoms with van der Waals surface area (Å²) in [5.74, 6) is 0.977. The van der Waals surface area contributed by atoms with Crippen molar-refractivity contribution in [2.24, 2.45) is 0 Å². The Hall–Kier alpha value is -2.97. The van der Waals surface area contributed by atoms with E-state index >= 15 is 0 Å². The summed E-state index contributed by atoms with van der Waals surface area (Å²) in [5, 5.41) is 5.22. The second kappa shape index (κ2) is 5.04. The fourth-order valence-electron chi connectivity index (χ4n) is 2.77. The topological polar surface area (TPSA) is 100 Å². The molecule has 2 saturated heterocycles. The second-order valence-electron chi connectivity index (χ2n) is 5.48. The number of nitrogens with zero attached hydrogens (tertiary/aromatic N) is 2. The van der Waals surface area contributed by atoms with Gasteiger partial charge >= 0.3 is 12.1 Å². The summed E-state index contributed by atoms with van der Waals surface area (Å²) >= 11 is 0. The van der Waals surface area contributed by atoms with Gasteiger partial charge in [0.15, 0.2) is 11.5 Å². The molecule has 23 heavy (non-hydrogen) atoms. The Morgan fingerprint density at radius 2 is 2.00 bits per heavy atom. The van der Waals surface area contributed by atoms with E-state index in [1.165, 1.54) is 9.80 Å². The van der Waals surface area contributed by atoms with Gasteiger partial charge in [0.2, 0.25) is 12.7 Å². The molecule has 0 bridgehead atoms. The van der Waals surface area contributed by atoms with Crippen LogP contribution in [0.5, 0.6) is 11.5 Å². The molecule has 3 aliphatic rings. The zero-order chi connectivity index (χ0) is 16.0. The van der Waals surface area contributed by atoms with Crippen LogP contribution >= 0.6 is 0 Å². The summed E-state index contributed by atoms with van der Waals surface area (Å²) < 4.78 is 10.5. The average Bonchev–Trinajstić information content (AvgIpc) is 3.06. The molecule has 4 rings (SSSR count). The number of hydrogen-bond donors (Lipinski definition) is 2. The second-order valence-corrected chi connectivity index (χ2v) is 5.48. The highest BCUT2D eigenvalue weighted by Crippen LogP contribution is 2.34. The Morgan fingerprint density at radius 3 is 2.74 bits per heavy atom. The van der Waals surface area contributed by atoms with Crippen molar-refractivity contribution in [3.63, 3.8) is 0 Å². The molecule has 9 heteroatoms. The lowest BCUT2D eigenvalue weighted by molar-refractivity contribution is -0.128. The van der Waals surface area contributed by atoms with Crippen LogP contribution in [0.4, 0.5) is 15.3 Å². The lowest BCUT2D eigenvalue weighted by atomic mass is 10.1. The molecule has 2 fully saturated rings. The first-order valence-corrected chi connectivity index (χ1v) is 7.17. The highest BCUT2D eigenvalue weighted by molar-refractivity contribution is 6.02. The average molecular weight is 318 g/mol. The molecule has 0 saturated carbocycles. The van der Waals surface area contributed by atoms with Gasteiger partial charge in [0.25, 0.3) is 0 Å². The van der Waals surface area contributed by atoms with E-state index in [-0.39, 0.29) is 31.3 Å². The van der Waals surface area contributed by atoms with Gasteiger partial charge < -0.3 is 25.0 Å². The molecule has 3 aliphatic heterocycles. The smallest absolute Gasteiger partial charge is 0.324 e. The van der Waals surface area contributed by atoms with Gasteiger partial charge in [-0.15, -0.1) is 0 Å². The van der Waals surface area contributed by atoms with Crippen molar-refractivity contribution in [3.8, 4) is 11.5 Å². The lowest BCUT2D eigenvalue weighted by Crippen LogP contribution is -2.63. The number of urea groups is 2. The molecule has 2 N–H and O–H groups in total. The van der Waals surface area contributed by atoms with Gasteiger partial charge in [-0.25, -0.2) is 9.59 Å². The van der Waals surface area contributed by atoms with Gasteiger partial charge in [0.05, 0.1) is 12.6 Å². The van der Waals surface area contributed by atoms with E-state index in [2.05, 4.69) is 10.6 Å². The maximum absolute atomic E-state index is 12.2. The van der Waals surface area contributed by atoms with Gasteiger partial charge in [-0.1, -0.05) is 0 Å². The van der Waals surface area contributed by atoms with Crippen molar-refractivity contribution in [3.05, 3.63) is 18.2 Å². The highest BCUT2D eigenvalue weighted by Gasteiger charge is 2.42. The normalized spacial score (nSPS) is 19.7. The summed E-state index contributed by atoms with van der Waals surface area (Å²) in [7, 11) is 0. The molecule has 5 amide bonds. The Kier molecular flexibility index (Phi) is 3.00. The summed E-state index contributed by atoms with van der Waals surface area (Å²) in [6.07, 6.45) is 0. The predicted octanol–water partition coefficient (Wildman–Crippen LogP) is 0.183. The first-order chi connectivity index (χ1) is 11.1. The first-order valence-electron chi connectivity index (χ1n) is 7.17. The van der Waals surface area contributed by atoms with Crippen LogP contribution in [0.25, 0.3) is 0 Å². The van der Waals surface area contributed by atoms with Crippen molar-refractivity contribution >= 4 is 23.7 Å². The number of ether oxygens (including phenoxy) is 2. The molecule has 0 aromatic heterocycles. The third kappa shape index (κ3) is 2.30. The molecular formula is C14H14N4O5. The van der Waals surface area contributed by atoms with Crippen molar-refractivity contribution in [2.75, 3.05) is 31.7 Å². The number of amides is 5. The fourth-order valence-corrected chi connectivity index (χ4v) is 2.77. The number of likely N-dealkylation sites (tertiary alicyclic amines) is 1. The molecule has 0 radical (unpaired) electrons. The SMILES string of the molecule is O=C(Nc1ccc2c(c1)OCO2)N1CC(N2C(=O)CNC2=O)C1. The molecule has 1 aromatic carbocycles. The van der Waals surface area contributed by atoms with Gasteiger partial charge in [0.1, 0.15) is 0 Å². The van der Waals surface area contributed by atoms with Crippen LogP contribution in [0.15, 0.2) is 18.2 Å². The highest BCUT2D eigenvalue weighted by atomic mass is 16.7. The van der Waals surface area contributed by atoms with Crippen LogP contribution in [-0.4, -0.2) is 60.2 Å². The van der Waals surface area contributed by atoms with Gasteiger partial charge in [0, 0.05) is 24.8 Å². The van der Waals surface area contributed by atoms with Crippen LogP contribution in [-0.2, 0) is 4.79 Å². The molecule has 0 atom stereocenters. The zero-order valence-corrected chi connectivity index (χ0v) is 12.1. The van der Waals surface area contributed by atoms with Crippen LogP contribution in [0.2, 0.25) is 0 Å². The maximum Gasteiger partial charge on any atom is 0.324 e. The molecule has 0 aliphatic carbocycles. The molecule has 9 nitrogen and oxygen atoms in total. The summed E-state index contributed by atoms with van der Waals surface area (Å²) in [4.78, 5) is 38.0. The third-order valence-corrected chi connectivity index (χ3v) is 4.02. The van der Waals surface area contributed by atoms with E-state index in [1.54, 1.807) is 18.2 Å². The van der Waals surface area contributed by atoms with E-state index < -0.39 is 6.03 Å². The van der Waals surface area contributed by atoms with Gasteiger partial charge in [-0.2, -0.15) is 0 Å². The Bertz CT molecular complexity index is 684. The molecule has 0 spiro atoms. The van der Waals surface area contributed by atoms with Crippen LogP contribution in [0.3, 0.4) is 0 Å². The van der Waals surface area contributed by atoms with Gasteiger partial charge in [-0.05, 0) is 12.1 Å².